The van der Waals surface area contributed by atoms with E-state index in [0.29, 0.717) is 17.2 Å². The summed E-state index contributed by atoms with van der Waals surface area (Å²) in [5, 5.41) is 9.51. The highest BCUT2D eigenvalue weighted by Gasteiger charge is 2.29. The lowest BCUT2D eigenvalue weighted by atomic mass is 10.0. The molecule has 0 saturated heterocycles. The average Bonchev–Trinajstić information content (AvgIpc) is 3.29. The van der Waals surface area contributed by atoms with E-state index in [-0.39, 0.29) is 12.7 Å². The number of rotatable bonds is 5. The standard InChI is InChI=1S/C16H20O4/c1-18-14-8-11(9-17)13-6-5-12(7-10-3-4-10)20-15(13)16(14)19-2/h5-6,8,10,12,17H,3-4,7,9H2,1-2H3. The number of ether oxygens (including phenoxy) is 3. The number of fused-ring (bicyclic) bond motifs is 1. The van der Waals surface area contributed by atoms with Crippen molar-refractivity contribution in [2.75, 3.05) is 14.2 Å². The molecule has 0 aromatic heterocycles. The van der Waals surface area contributed by atoms with Crippen molar-refractivity contribution >= 4 is 6.08 Å². The Morgan fingerprint density at radius 2 is 2.10 bits per heavy atom. The van der Waals surface area contributed by atoms with Crippen LogP contribution in [0.4, 0.5) is 0 Å². The molecule has 1 aromatic carbocycles. The van der Waals surface area contributed by atoms with Gasteiger partial charge in [-0.05, 0) is 30.0 Å². The lowest BCUT2D eigenvalue weighted by Crippen LogP contribution is -2.19. The van der Waals surface area contributed by atoms with Gasteiger partial charge in [0.25, 0.3) is 0 Å². The zero-order valence-electron chi connectivity index (χ0n) is 11.9. The molecule has 1 saturated carbocycles. The molecule has 0 amide bonds. The third-order valence-electron chi connectivity index (χ3n) is 3.93. The van der Waals surface area contributed by atoms with Gasteiger partial charge in [0, 0.05) is 5.56 Å². The molecule has 108 valence electrons. The fourth-order valence-electron chi connectivity index (χ4n) is 2.66. The van der Waals surface area contributed by atoms with Gasteiger partial charge >= 0.3 is 0 Å². The van der Waals surface area contributed by atoms with Crippen molar-refractivity contribution < 1.29 is 19.3 Å². The monoisotopic (exact) mass is 276 g/mol. The minimum absolute atomic E-state index is 0.0519. The van der Waals surface area contributed by atoms with Crippen LogP contribution in [0.1, 0.15) is 30.4 Å². The molecular weight excluding hydrogens is 256 g/mol. The maximum Gasteiger partial charge on any atom is 0.203 e. The van der Waals surface area contributed by atoms with Crippen molar-refractivity contribution in [3.05, 3.63) is 23.3 Å². The third kappa shape index (κ3) is 2.36. The number of benzene rings is 1. The van der Waals surface area contributed by atoms with Gasteiger partial charge in [-0.15, -0.1) is 0 Å². The molecular formula is C16H20O4. The Bertz CT molecular complexity index is 532. The summed E-state index contributed by atoms with van der Waals surface area (Å²) in [4.78, 5) is 0. The Balaban J connectivity index is 1.99. The van der Waals surface area contributed by atoms with Gasteiger partial charge < -0.3 is 19.3 Å². The maximum atomic E-state index is 9.51. The summed E-state index contributed by atoms with van der Waals surface area (Å²) >= 11 is 0. The maximum absolute atomic E-state index is 9.51. The number of aliphatic hydroxyl groups is 1. The van der Waals surface area contributed by atoms with Gasteiger partial charge in [-0.1, -0.05) is 18.9 Å². The second kappa shape index (κ2) is 5.37. The Kier molecular flexibility index (Phi) is 3.57. The smallest absolute Gasteiger partial charge is 0.203 e. The fourth-order valence-corrected chi connectivity index (χ4v) is 2.66. The number of methoxy groups -OCH3 is 2. The summed E-state index contributed by atoms with van der Waals surface area (Å²) in [5.41, 5.74) is 1.68. The zero-order valence-corrected chi connectivity index (χ0v) is 11.9. The second-order valence-electron chi connectivity index (χ2n) is 5.37. The summed E-state index contributed by atoms with van der Waals surface area (Å²) < 4.78 is 16.9. The van der Waals surface area contributed by atoms with Gasteiger partial charge in [-0.25, -0.2) is 0 Å². The Hall–Kier alpha value is -1.68. The van der Waals surface area contributed by atoms with Gasteiger partial charge in [0.15, 0.2) is 11.5 Å². The largest absolute Gasteiger partial charge is 0.493 e. The predicted molar refractivity (Wildman–Crippen MR) is 76.3 cm³/mol. The lowest BCUT2D eigenvalue weighted by molar-refractivity contribution is 0.211. The van der Waals surface area contributed by atoms with Gasteiger partial charge in [0.1, 0.15) is 6.10 Å². The van der Waals surface area contributed by atoms with E-state index in [9.17, 15) is 5.11 Å². The van der Waals surface area contributed by atoms with Crippen LogP contribution < -0.4 is 14.2 Å². The van der Waals surface area contributed by atoms with E-state index in [1.165, 1.54) is 12.8 Å². The molecule has 1 heterocycles. The predicted octanol–water partition coefficient (Wildman–Crippen LogP) is 2.77. The fraction of sp³-hybridized carbons (Fsp3) is 0.500. The Morgan fingerprint density at radius 3 is 2.70 bits per heavy atom. The van der Waals surface area contributed by atoms with Crippen LogP contribution in [0.2, 0.25) is 0 Å². The summed E-state index contributed by atoms with van der Waals surface area (Å²) in [5.74, 6) is 2.67. The molecule has 20 heavy (non-hydrogen) atoms. The molecule has 1 atom stereocenters. The first-order valence-corrected chi connectivity index (χ1v) is 7.00. The van der Waals surface area contributed by atoms with Crippen molar-refractivity contribution in [2.45, 2.75) is 32.0 Å². The second-order valence-corrected chi connectivity index (χ2v) is 5.37. The average molecular weight is 276 g/mol. The van der Waals surface area contributed by atoms with Gasteiger partial charge in [-0.3, -0.25) is 0 Å². The van der Waals surface area contributed by atoms with Crippen molar-refractivity contribution in [3.63, 3.8) is 0 Å². The first-order chi connectivity index (χ1) is 9.76. The molecule has 3 rings (SSSR count). The molecule has 1 aliphatic heterocycles. The molecule has 1 unspecified atom stereocenters. The highest BCUT2D eigenvalue weighted by atomic mass is 16.5. The Morgan fingerprint density at radius 1 is 1.30 bits per heavy atom. The van der Waals surface area contributed by atoms with E-state index in [4.69, 9.17) is 14.2 Å². The minimum Gasteiger partial charge on any atom is -0.493 e. The van der Waals surface area contributed by atoms with Crippen LogP contribution in [-0.2, 0) is 6.61 Å². The van der Waals surface area contributed by atoms with Crippen molar-refractivity contribution in [3.8, 4) is 17.2 Å². The van der Waals surface area contributed by atoms with Crippen LogP contribution in [0.25, 0.3) is 6.08 Å². The van der Waals surface area contributed by atoms with Crippen molar-refractivity contribution in [1.82, 2.24) is 0 Å². The molecule has 2 aliphatic rings. The van der Waals surface area contributed by atoms with Crippen LogP contribution in [-0.4, -0.2) is 25.4 Å². The van der Waals surface area contributed by atoms with Crippen LogP contribution in [0.3, 0.4) is 0 Å². The van der Waals surface area contributed by atoms with E-state index >= 15 is 0 Å². The van der Waals surface area contributed by atoms with E-state index in [1.54, 1.807) is 20.3 Å². The zero-order chi connectivity index (χ0) is 14.1. The number of hydrogen-bond acceptors (Lipinski definition) is 4. The van der Waals surface area contributed by atoms with Crippen LogP contribution in [0.5, 0.6) is 17.2 Å². The van der Waals surface area contributed by atoms with Gasteiger partial charge in [-0.2, -0.15) is 0 Å². The molecule has 1 aliphatic carbocycles. The van der Waals surface area contributed by atoms with E-state index in [0.717, 1.165) is 23.5 Å². The van der Waals surface area contributed by atoms with E-state index in [1.807, 2.05) is 6.08 Å². The molecule has 1 N–H and O–H groups in total. The van der Waals surface area contributed by atoms with Gasteiger partial charge in [0.05, 0.1) is 20.8 Å². The first-order valence-electron chi connectivity index (χ1n) is 7.00. The highest BCUT2D eigenvalue weighted by molar-refractivity contribution is 5.71. The van der Waals surface area contributed by atoms with Crippen molar-refractivity contribution in [2.24, 2.45) is 5.92 Å². The summed E-state index contributed by atoms with van der Waals surface area (Å²) in [6, 6.07) is 1.80. The molecule has 0 spiro atoms. The molecule has 0 bridgehead atoms. The summed E-state index contributed by atoms with van der Waals surface area (Å²) in [6.07, 6.45) is 7.84. The topological polar surface area (TPSA) is 47.9 Å². The summed E-state index contributed by atoms with van der Waals surface area (Å²) in [7, 11) is 3.19. The van der Waals surface area contributed by atoms with Crippen molar-refractivity contribution in [1.29, 1.82) is 0 Å². The third-order valence-corrected chi connectivity index (χ3v) is 3.93. The molecule has 1 fully saturated rings. The normalized spacial score (nSPS) is 20.2. The quantitative estimate of drug-likeness (QED) is 0.898. The number of hydrogen-bond donors (Lipinski definition) is 1. The first kappa shape index (κ1) is 13.3. The van der Waals surface area contributed by atoms with Crippen LogP contribution in [0.15, 0.2) is 12.1 Å². The highest BCUT2D eigenvalue weighted by Crippen LogP contribution is 2.46. The molecule has 1 aromatic rings. The summed E-state index contributed by atoms with van der Waals surface area (Å²) in [6.45, 7) is -0.0519. The molecule has 0 radical (unpaired) electrons. The number of aliphatic hydroxyl groups excluding tert-OH is 1. The van der Waals surface area contributed by atoms with Crippen LogP contribution in [0, 0.1) is 5.92 Å². The Labute approximate surface area is 119 Å². The van der Waals surface area contributed by atoms with Crippen LogP contribution >= 0.6 is 0 Å². The molecule has 4 nitrogen and oxygen atoms in total. The minimum atomic E-state index is -0.0519. The van der Waals surface area contributed by atoms with E-state index in [2.05, 4.69) is 6.08 Å². The SMILES string of the molecule is COc1cc(CO)c2c(c1OC)OC(CC1CC1)C=C2. The molecule has 4 heteroatoms. The van der Waals surface area contributed by atoms with Gasteiger partial charge in [0.2, 0.25) is 5.75 Å². The lowest BCUT2D eigenvalue weighted by Gasteiger charge is -2.25. The van der Waals surface area contributed by atoms with E-state index < -0.39 is 0 Å².